The highest BCUT2D eigenvalue weighted by Gasteiger charge is 2.12. The summed E-state index contributed by atoms with van der Waals surface area (Å²) >= 11 is 0. The van der Waals surface area contributed by atoms with Crippen LogP contribution in [0.1, 0.15) is 0 Å². The number of hydrogen-bond acceptors (Lipinski definition) is 6. The Morgan fingerprint density at radius 2 is 1.58 bits per heavy atom. The Kier molecular flexibility index (Phi) is 6.54. The predicted octanol–water partition coefficient (Wildman–Crippen LogP) is -1.99. The van der Waals surface area contributed by atoms with Crippen molar-refractivity contribution in [3.63, 3.8) is 0 Å². The average Bonchev–Trinajstić information content (AvgIpc) is 2.35. The van der Waals surface area contributed by atoms with Gasteiger partial charge in [0, 0.05) is 0 Å². The molecule has 0 bridgehead atoms. The second kappa shape index (κ2) is 7.61. The fourth-order valence-corrected chi connectivity index (χ4v) is 0.797. The number of carbonyl (C=O) groups excluding carboxylic acids is 1. The number of rotatable bonds is 3. The first-order chi connectivity index (χ1) is 8.81. The lowest BCUT2D eigenvalue weighted by Gasteiger charge is -2.05. The number of aliphatic hydroxyl groups excluding tert-OH is 1. The van der Waals surface area contributed by atoms with Gasteiger partial charge in [0.25, 0.3) is 0 Å². The van der Waals surface area contributed by atoms with Gasteiger partial charge in [-0.25, -0.2) is 19.2 Å². The van der Waals surface area contributed by atoms with E-state index in [1.165, 1.54) is 13.2 Å². The molecule has 0 aliphatic heterocycles. The maximum Gasteiger partial charge on any atom is 0.336 e. The van der Waals surface area contributed by atoms with E-state index in [1.807, 2.05) is 0 Å². The topological polar surface area (TPSA) is 145 Å². The van der Waals surface area contributed by atoms with Crippen LogP contribution >= 0.6 is 0 Å². The SMILES string of the molecule is C=CC(O)C(=C)C(=O)OC.O=c1[nH]c(=O)[nH]c(=O)[nH]1. The van der Waals surface area contributed by atoms with Crippen LogP contribution in [0.25, 0.3) is 0 Å². The summed E-state index contributed by atoms with van der Waals surface area (Å²) in [6.45, 7) is 6.58. The van der Waals surface area contributed by atoms with Crippen molar-refractivity contribution in [3.8, 4) is 0 Å². The van der Waals surface area contributed by atoms with E-state index in [-0.39, 0.29) is 5.57 Å². The number of aromatic amines is 3. The summed E-state index contributed by atoms with van der Waals surface area (Å²) in [4.78, 5) is 46.5. The van der Waals surface area contributed by atoms with Gasteiger partial charge in [-0.2, -0.15) is 0 Å². The summed E-state index contributed by atoms with van der Waals surface area (Å²) < 4.78 is 4.29. The zero-order chi connectivity index (χ0) is 15.0. The molecule has 0 saturated carbocycles. The minimum absolute atomic E-state index is 0.00231. The number of ether oxygens (including phenoxy) is 1. The van der Waals surface area contributed by atoms with Crippen molar-refractivity contribution >= 4 is 5.97 Å². The minimum Gasteiger partial charge on any atom is -0.466 e. The lowest BCUT2D eigenvalue weighted by molar-refractivity contribution is -0.136. The van der Waals surface area contributed by atoms with Crippen LogP contribution in [0.3, 0.4) is 0 Å². The Bertz CT molecular complexity index is 544. The van der Waals surface area contributed by atoms with E-state index in [0.717, 1.165) is 0 Å². The van der Waals surface area contributed by atoms with Crippen LogP contribution in [0.15, 0.2) is 39.2 Å². The first kappa shape index (κ1) is 16.3. The van der Waals surface area contributed by atoms with Gasteiger partial charge in [-0.15, -0.1) is 6.58 Å². The Morgan fingerprint density at radius 1 is 1.21 bits per heavy atom. The molecule has 1 atom stereocenters. The molecule has 1 rings (SSSR count). The van der Waals surface area contributed by atoms with Crippen LogP contribution in [-0.4, -0.2) is 39.2 Å². The molecule has 0 fully saturated rings. The first-order valence-electron chi connectivity index (χ1n) is 4.82. The number of carbonyl (C=O) groups is 1. The molecular formula is C10H13N3O6. The molecule has 4 N–H and O–H groups in total. The lowest BCUT2D eigenvalue weighted by atomic mass is 10.2. The van der Waals surface area contributed by atoms with Gasteiger partial charge in [0.05, 0.1) is 12.7 Å². The van der Waals surface area contributed by atoms with Gasteiger partial charge in [-0.3, -0.25) is 15.0 Å². The van der Waals surface area contributed by atoms with E-state index in [2.05, 4.69) is 17.9 Å². The molecule has 9 heteroatoms. The Morgan fingerprint density at radius 3 is 1.84 bits per heavy atom. The molecule has 0 saturated heterocycles. The molecule has 19 heavy (non-hydrogen) atoms. The van der Waals surface area contributed by atoms with Crippen molar-refractivity contribution in [2.24, 2.45) is 0 Å². The normalized spacial score (nSPS) is 10.6. The van der Waals surface area contributed by atoms with E-state index in [4.69, 9.17) is 5.11 Å². The number of nitrogens with one attached hydrogen (secondary N) is 3. The van der Waals surface area contributed by atoms with E-state index >= 15 is 0 Å². The van der Waals surface area contributed by atoms with Gasteiger partial charge in [-0.1, -0.05) is 12.7 Å². The van der Waals surface area contributed by atoms with Crippen molar-refractivity contribution in [1.82, 2.24) is 15.0 Å². The van der Waals surface area contributed by atoms with Crippen LogP contribution in [0.5, 0.6) is 0 Å². The van der Waals surface area contributed by atoms with Gasteiger partial charge < -0.3 is 9.84 Å². The van der Waals surface area contributed by atoms with Gasteiger partial charge in [-0.05, 0) is 0 Å². The zero-order valence-corrected chi connectivity index (χ0v) is 10.1. The molecule has 0 amide bonds. The number of hydrogen-bond donors (Lipinski definition) is 4. The Hall–Kier alpha value is -2.68. The molecule has 0 aliphatic carbocycles. The lowest BCUT2D eigenvalue weighted by Crippen LogP contribution is -2.34. The monoisotopic (exact) mass is 271 g/mol. The van der Waals surface area contributed by atoms with Gasteiger partial charge in [0.2, 0.25) is 0 Å². The molecule has 1 heterocycles. The number of methoxy groups -OCH3 is 1. The van der Waals surface area contributed by atoms with Crippen LogP contribution in [-0.2, 0) is 9.53 Å². The summed E-state index contributed by atoms with van der Waals surface area (Å²) in [5.41, 5.74) is -2.41. The van der Waals surface area contributed by atoms with Gasteiger partial charge in [0.1, 0.15) is 6.10 Å². The maximum atomic E-state index is 10.6. The van der Waals surface area contributed by atoms with E-state index in [1.54, 1.807) is 15.0 Å². The average molecular weight is 271 g/mol. The Balaban J connectivity index is 0.000000342. The summed E-state index contributed by atoms with van der Waals surface area (Å²) in [6, 6.07) is 0. The highest BCUT2D eigenvalue weighted by molar-refractivity contribution is 5.89. The largest absolute Gasteiger partial charge is 0.466 e. The zero-order valence-electron chi connectivity index (χ0n) is 10.1. The predicted molar refractivity (Wildman–Crippen MR) is 65.7 cm³/mol. The van der Waals surface area contributed by atoms with Crippen molar-refractivity contribution in [2.75, 3.05) is 7.11 Å². The van der Waals surface area contributed by atoms with Crippen molar-refractivity contribution < 1.29 is 14.6 Å². The fraction of sp³-hybridized carbons (Fsp3) is 0.200. The minimum atomic E-state index is -1.01. The van der Waals surface area contributed by atoms with Gasteiger partial charge >= 0.3 is 23.0 Å². The highest BCUT2D eigenvalue weighted by Crippen LogP contribution is 2.01. The molecule has 0 aromatic carbocycles. The van der Waals surface area contributed by atoms with Crippen LogP contribution in [0.2, 0.25) is 0 Å². The first-order valence-corrected chi connectivity index (χ1v) is 4.82. The standard InChI is InChI=1S/C7H10O3.C3H3N3O3/c1-4-6(8)5(2)7(9)10-3;7-1-4-2(8)6-3(9)5-1/h4,6,8H,1-2H2,3H3;(H3,4,5,6,7,8,9). The second-order valence-electron chi connectivity index (χ2n) is 3.06. The summed E-state index contributed by atoms with van der Waals surface area (Å²) in [5, 5.41) is 8.91. The Labute approximate surface area is 106 Å². The van der Waals surface area contributed by atoms with Crippen molar-refractivity contribution in [3.05, 3.63) is 56.3 Å². The second-order valence-corrected chi connectivity index (χ2v) is 3.06. The quantitative estimate of drug-likeness (QED) is 0.284. The third kappa shape index (κ3) is 5.98. The number of aliphatic hydroxyl groups is 1. The molecule has 1 aromatic heterocycles. The molecule has 1 unspecified atom stereocenters. The molecule has 0 radical (unpaired) electrons. The number of aromatic nitrogens is 3. The highest BCUT2D eigenvalue weighted by atomic mass is 16.5. The fourth-order valence-electron chi connectivity index (χ4n) is 0.797. The summed E-state index contributed by atoms with van der Waals surface area (Å²) in [6.07, 6.45) is 0.201. The van der Waals surface area contributed by atoms with Crippen LogP contribution in [0, 0.1) is 0 Å². The summed E-state index contributed by atoms with van der Waals surface area (Å²) in [7, 11) is 1.23. The van der Waals surface area contributed by atoms with Crippen molar-refractivity contribution in [2.45, 2.75) is 6.10 Å². The molecule has 9 nitrogen and oxygen atoms in total. The van der Waals surface area contributed by atoms with E-state index in [9.17, 15) is 19.2 Å². The molecule has 1 aromatic rings. The smallest absolute Gasteiger partial charge is 0.336 e. The molecule has 0 spiro atoms. The van der Waals surface area contributed by atoms with E-state index in [0.29, 0.717) is 0 Å². The number of H-pyrrole nitrogens is 3. The summed E-state index contributed by atoms with van der Waals surface area (Å²) in [5.74, 6) is -0.618. The third-order valence-electron chi connectivity index (χ3n) is 1.71. The van der Waals surface area contributed by atoms with Crippen LogP contribution < -0.4 is 17.1 Å². The van der Waals surface area contributed by atoms with Crippen molar-refractivity contribution in [1.29, 1.82) is 0 Å². The molecule has 104 valence electrons. The van der Waals surface area contributed by atoms with E-state index < -0.39 is 29.1 Å². The molecule has 0 aliphatic rings. The maximum absolute atomic E-state index is 10.6. The number of esters is 1. The third-order valence-corrected chi connectivity index (χ3v) is 1.71. The van der Waals surface area contributed by atoms with Crippen LogP contribution in [0.4, 0.5) is 0 Å². The molecular weight excluding hydrogens is 258 g/mol. The van der Waals surface area contributed by atoms with Gasteiger partial charge in [0.15, 0.2) is 0 Å².